The van der Waals surface area contributed by atoms with Crippen molar-refractivity contribution >= 4 is 5.82 Å². The molecular weight excluding hydrogens is 254 g/mol. The van der Waals surface area contributed by atoms with Crippen molar-refractivity contribution in [3.63, 3.8) is 0 Å². The summed E-state index contributed by atoms with van der Waals surface area (Å²) in [7, 11) is 3.52. The highest BCUT2D eigenvalue weighted by Crippen LogP contribution is 2.30. The zero-order chi connectivity index (χ0) is 13.9. The molecule has 0 saturated carbocycles. The topological polar surface area (TPSA) is 56.3 Å². The van der Waals surface area contributed by atoms with Crippen LogP contribution in [-0.2, 0) is 17.8 Å². The molecule has 0 bridgehead atoms. The van der Waals surface area contributed by atoms with Crippen molar-refractivity contribution in [2.24, 2.45) is 0 Å². The summed E-state index contributed by atoms with van der Waals surface area (Å²) in [6.45, 7) is 1.27. The van der Waals surface area contributed by atoms with Crippen LogP contribution in [0.1, 0.15) is 11.3 Å². The Kier molecular flexibility index (Phi) is 3.52. The molecule has 0 fully saturated rings. The maximum absolute atomic E-state index is 5.48. The van der Waals surface area contributed by atoms with Crippen molar-refractivity contribution in [3.8, 4) is 17.1 Å². The fourth-order valence-corrected chi connectivity index (χ4v) is 2.39. The maximum Gasteiger partial charge on any atom is 0.165 e. The molecule has 1 aliphatic rings. The third-order valence-electron chi connectivity index (χ3n) is 3.41. The Morgan fingerprint density at radius 3 is 2.90 bits per heavy atom. The van der Waals surface area contributed by atoms with Crippen molar-refractivity contribution in [2.45, 2.75) is 13.0 Å². The van der Waals surface area contributed by atoms with E-state index < -0.39 is 0 Å². The first-order valence-corrected chi connectivity index (χ1v) is 6.62. The number of rotatable bonds is 3. The minimum atomic E-state index is 0.567. The third-order valence-corrected chi connectivity index (χ3v) is 3.41. The van der Waals surface area contributed by atoms with E-state index in [1.165, 1.54) is 0 Å². The van der Waals surface area contributed by atoms with E-state index in [4.69, 9.17) is 9.47 Å². The summed E-state index contributed by atoms with van der Waals surface area (Å²) in [5.74, 6) is 2.30. The molecule has 5 heteroatoms. The highest BCUT2D eigenvalue weighted by molar-refractivity contribution is 5.66. The first-order valence-electron chi connectivity index (χ1n) is 6.62. The van der Waals surface area contributed by atoms with Crippen LogP contribution >= 0.6 is 0 Å². The van der Waals surface area contributed by atoms with Gasteiger partial charge in [-0.1, -0.05) is 12.1 Å². The molecule has 3 rings (SSSR count). The first kappa shape index (κ1) is 12.9. The molecule has 1 aromatic carbocycles. The van der Waals surface area contributed by atoms with Gasteiger partial charge in [-0.15, -0.1) is 0 Å². The number of aromatic nitrogens is 2. The second-order valence-electron chi connectivity index (χ2n) is 4.57. The molecule has 1 aliphatic heterocycles. The van der Waals surface area contributed by atoms with E-state index in [9.17, 15) is 0 Å². The fraction of sp³-hybridized carbons (Fsp3) is 0.333. The highest BCUT2D eigenvalue weighted by Gasteiger charge is 2.19. The zero-order valence-corrected chi connectivity index (χ0v) is 11.6. The van der Waals surface area contributed by atoms with Gasteiger partial charge in [0.25, 0.3) is 0 Å². The number of para-hydroxylation sites is 1. The SMILES string of the molecule is CNc1nc(-c2ccccc2OC)nc2c1COCC2. The van der Waals surface area contributed by atoms with Crippen molar-refractivity contribution in [1.29, 1.82) is 0 Å². The standard InChI is InChI=1S/C15H17N3O2/c1-16-14-11-9-20-8-7-12(11)17-15(18-14)10-5-3-4-6-13(10)19-2/h3-6H,7-9H2,1-2H3,(H,16,17,18). The number of methoxy groups -OCH3 is 1. The summed E-state index contributed by atoms with van der Waals surface area (Å²) in [4.78, 5) is 9.29. The van der Waals surface area contributed by atoms with E-state index in [-0.39, 0.29) is 0 Å². The molecule has 2 aromatic rings. The normalized spacial score (nSPS) is 13.7. The Morgan fingerprint density at radius 2 is 2.10 bits per heavy atom. The molecule has 0 atom stereocenters. The van der Waals surface area contributed by atoms with Gasteiger partial charge in [0.1, 0.15) is 11.6 Å². The zero-order valence-electron chi connectivity index (χ0n) is 11.6. The summed E-state index contributed by atoms with van der Waals surface area (Å²) in [5.41, 5.74) is 3.01. The summed E-state index contributed by atoms with van der Waals surface area (Å²) in [5, 5.41) is 3.13. The molecule has 104 valence electrons. The largest absolute Gasteiger partial charge is 0.496 e. The number of fused-ring (bicyclic) bond motifs is 1. The van der Waals surface area contributed by atoms with Gasteiger partial charge in [0.2, 0.25) is 0 Å². The quantitative estimate of drug-likeness (QED) is 0.928. The van der Waals surface area contributed by atoms with Crippen molar-refractivity contribution in [3.05, 3.63) is 35.5 Å². The lowest BCUT2D eigenvalue weighted by Crippen LogP contribution is -2.16. The Labute approximate surface area is 118 Å². The van der Waals surface area contributed by atoms with E-state index in [1.807, 2.05) is 31.3 Å². The van der Waals surface area contributed by atoms with Crippen molar-refractivity contribution < 1.29 is 9.47 Å². The van der Waals surface area contributed by atoms with Gasteiger partial charge >= 0.3 is 0 Å². The monoisotopic (exact) mass is 271 g/mol. The number of nitrogens with one attached hydrogen (secondary N) is 1. The smallest absolute Gasteiger partial charge is 0.165 e. The van der Waals surface area contributed by atoms with E-state index in [1.54, 1.807) is 7.11 Å². The summed E-state index contributed by atoms with van der Waals surface area (Å²) < 4.78 is 10.9. The average Bonchev–Trinajstić information content (AvgIpc) is 2.53. The van der Waals surface area contributed by atoms with Gasteiger partial charge in [0.05, 0.1) is 31.6 Å². The van der Waals surface area contributed by atoms with Gasteiger partial charge in [0.15, 0.2) is 5.82 Å². The predicted molar refractivity (Wildman–Crippen MR) is 76.9 cm³/mol. The lowest BCUT2D eigenvalue weighted by molar-refractivity contribution is 0.109. The van der Waals surface area contributed by atoms with E-state index in [0.29, 0.717) is 19.0 Å². The Morgan fingerprint density at radius 1 is 1.25 bits per heavy atom. The van der Waals surface area contributed by atoms with Gasteiger partial charge in [0, 0.05) is 19.0 Å². The number of benzene rings is 1. The molecule has 0 unspecified atom stereocenters. The highest BCUT2D eigenvalue weighted by atomic mass is 16.5. The van der Waals surface area contributed by atoms with Gasteiger partial charge in [-0.25, -0.2) is 9.97 Å². The van der Waals surface area contributed by atoms with Crippen LogP contribution in [0.2, 0.25) is 0 Å². The molecule has 0 aliphatic carbocycles. The molecule has 20 heavy (non-hydrogen) atoms. The number of hydrogen-bond donors (Lipinski definition) is 1. The fourth-order valence-electron chi connectivity index (χ4n) is 2.39. The van der Waals surface area contributed by atoms with Gasteiger partial charge < -0.3 is 14.8 Å². The molecular formula is C15H17N3O2. The maximum atomic E-state index is 5.48. The van der Waals surface area contributed by atoms with Crippen LogP contribution in [0.3, 0.4) is 0 Å². The van der Waals surface area contributed by atoms with E-state index in [2.05, 4.69) is 15.3 Å². The lowest BCUT2D eigenvalue weighted by atomic mass is 10.1. The molecule has 1 aromatic heterocycles. The van der Waals surface area contributed by atoms with E-state index >= 15 is 0 Å². The van der Waals surface area contributed by atoms with Crippen LogP contribution in [0.5, 0.6) is 5.75 Å². The predicted octanol–water partition coefficient (Wildman–Crippen LogP) is 2.27. The summed E-state index contributed by atoms with van der Waals surface area (Å²) >= 11 is 0. The van der Waals surface area contributed by atoms with Crippen LogP contribution in [0.25, 0.3) is 11.4 Å². The van der Waals surface area contributed by atoms with Gasteiger partial charge in [-0.3, -0.25) is 0 Å². The Bertz CT molecular complexity index is 611. The lowest BCUT2D eigenvalue weighted by Gasteiger charge is -2.19. The average molecular weight is 271 g/mol. The summed E-state index contributed by atoms with van der Waals surface area (Å²) in [6.07, 6.45) is 0.814. The van der Waals surface area contributed by atoms with Gasteiger partial charge in [-0.2, -0.15) is 0 Å². The van der Waals surface area contributed by atoms with Crippen molar-refractivity contribution in [2.75, 3.05) is 26.1 Å². The number of nitrogens with zero attached hydrogens (tertiary/aromatic N) is 2. The Hall–Kier alpha value is -2.14. The number of ether oxygens (including phenoxy) is 2. The second kappa shape index (κ2) is 5.46. The molecule has 0 radical (unpaired) electrons. The van der Waals surface area contributed by atoms with Crippen LogP contribution in [0, 0.1) is 0 Å². The summed E-state index contributed by atoms with van der Waals surface area (Å²) in [6, 6.07) is 7.79. The van der Waals surface area contributed by atoms with Crippen LogP contribution in [-0.4, -0.2) is 30.7 Å². The minimum Gasteiger partial charge on any atom is -0.496 e. The van der Waals surface area contributed by atoms with Crippen molar-refractivity contribution in [1.82, 2.24) is 9.97 Å². The third kappa shape index (κ3) is 2.20. The number of hydrogen-bond acceptors (Lipinski definition) is 5. The number of anilines is 1. The Balaban J connectivity index is 2.14. The molecule has 5 nitrogen and oxygen atoms in total. The molecule has 0 spiro atoms. The molecule has 1 N–H and O–H groups in total. The van der Waals surface area contributed by atoms with Crippen LogP contribution in [0.4, 0.5) is 5.82 Å². The van der Waals surface area contributed by atoms with Crippen LogP contribution < -0.4 is 10.1 Å². The second-order valence-corrected chi connectivity index (χ2v) is 4.57. The minimum absolute atomic E-state index is 0.567. The molecule has 0 amide bonds. The molecule has 2 heterocycles. The molecule has 0 saturated heterocycles. The van der Waals surface area contributed by atoms with E-state index in [0.717, 1.165) is 34.8 Å². The van der Waals surface area contributed by atoms with Crippen LogP contribution in [0.15, 0.2) is 24.3 Å². The first-order chi connectivity index (χ1) is 9.83. The van der Waals surface area contributed by atoms with Gasteiger partial charge in [-0.05, 0) is 12.1 Å².